The van der Waals surface area contributed by atoms with Gasteiger partial charge in [-0.15, -0.1) is 0 Å². The maximum Gasteiger partial charge on any atom is 0.266 e. The number of aryl methyl sites for hydroxylation is 2. The molecule has 0 bridgehead atoms. The summed E-state index contributed by atoms with van der Waals surface area (Å²) in [5.74, 6) is 0.0432. The van der Waals surface area contributed by atoms with Gasteiger partial charge in [-0.2, -0.15) is 5.26 Å². The quantitative estimate of drug-likeness (QED) is 0.391. The van der Waals surface area contributed by atoms with Crippen LogP contribution in [0.5, 0.6) is 5.75 Å². The second-order valence-electron chi connectivity index (χ2n) is 6.95. The van der Waals surface area contributed by atoms with Gasteiger partial charge in [-0.05, 0) is 55.8 Å². The van der Waals surface area contributed by atoms with Gasteiger partial charge >= 0.3 is 0 Å². The van der Waals surface area contributed by atoms with E-state index in [0.717, 1.165) is 11.1 Å². The van der Waals surface area contributed by atoms with E-state index in [1.807, 2.05) is 56.3 Å². The second kappa shape index (κ2) is 9.78. The SMILES string of the molecule is Cc1ccc(COc2ccc(Cl)cc2/C=C(\C#N)C(=O)Nc2ccc(C)cc2)cc1. The van der Waals surface area contributed by atoms with Crippen LogP contribution in [0.2, 0.25) is 5.02 Å². The van der Waals surface area contributed by atoms with Gasteiger partial charge in [-0.3, -0.25) is 4.79 Å². The highest BCUT2D eigenvalue weighted by Crippen LogP contribution is 2.26. The van der Waals surface area contributed by atoms with E-state index in [9.17, 15) is 10.1 Å². The Balaban J connectivity index is 1.81. The molecule has 1 N–H and O–H groups in total. The molecule has 0 fully saturated rings. The third-order valence-corrected chi connectivity index (χ3v) is 4.70. The van der Waals surface area contributed by atoms with Crippen molar-refractivity contribution in [2.45, 2.75) is 20.5 Å². The maximum atomic E-state index is 12.6. The fraction of sp³-hybridized carbons (Fsp3) is 0.120. The van der Waals surface area contributed by atoms with Crippen LogP contribution in [0.3, 0.4) is 0 Å². The van der Waals surface area contributed by atoms with E-state index >= 15 is 0 Å². The number of nitrogens with zero attached hydrogens (tertiary/aromatic N) is 1. The molecular formula is C25H21ClN2O2. The molecule has 0 aromatic heterocycles. The van der Waals surface area contributed by atoms with Crippen molar-refractivity contribution in [2.24, 2.45) is 0 Å². The molecule has 3 aromatic rings. The Morgan fingerprint density at radius 3 is 2.30 bits per heavy atom. The van der Waals surface area contributed by atoms with Crippen LogP contribution in [-0.4, -0.2) is 5.91 Å². The number of nitrogens with one attached hydrogen (secondary N) is 1. The van der Waals surface area contributed by atoms with Crippen molar-refractivity contribution in [1.29, 1.82) is 5.26 Å². The Bertz CT molecular complexity index is 1110. The molecule has 0 saturated heterocycles. The molecule has 0 aliphatic carbocycles. The Morgan fingerprint density at radius 1 is 1.03 bits per heavy atom. The van der Waals surface area contributed by atoms with Gasteiger partial charge < -0.3 is 10.1 Å². The molecule has 0 aliphatic heterocycles. The van der Waals surface area contributed by atoms with Crippen LogP contribution in [0, 0.1) is 25.2 Å². The van der Waals surface area contributed by atoms with Gasteiger partial charge in [0.05, 0.1) is 0 Å². The molecule has 0 saturated carbocycles. The minimum absolute atomic E-state index is 0.0435. The first kappa shape index (κ1) is 21.2. The van der Waals surface area contributed by atoms with Crippen LogP contribution in [0.4, 0.5) is 5.69 Å². The lowest BCUT2D eigenvalue weighted by molar-refractivity contribution is -0.112. The number of amides is 1. The first-order chi connectivity index (χ1) is 14.4. The van der Waals surface area contributed by atoms with E-state index in [1.54, 1.807) is 30.3 Å². The van der Waals surface area contributed by atoms with Gasteiger partial charge in [0.25, 0.3) is 5.91 Å². The van der Waals surface area contributed by atoms with E-state index in [-0.39, 0.29) is 5.57 Å². The number of nitriles is 1. The first-order valence-corrected chi connectivity index (χ1v) is 9.80. The maximum absolute atomic E-state index is 12.6. The van der Waals surface area contributed by atoms with Crippen LogP contribution >= 0.6 is 11.6 Å². The second-order valence-corrected chi connectivity index (χ2v) is 7.38. The molecule has 0 aliphatic rings. The molecule has 4 nitrogen and oxygen atoms in total. The van der Waals surface area contributed by atoms with E-state index < -0.39 is 5.91 Å². The third-order valence-electron chi connectivity index (χ3n) is 4.46. The Kier molecular flexibility index (Phi) is 6.90. The van der Waals surface area contributed by atoms with Gasteiger partial charge in [-0.25, -0.2) is 0 Å². The molecule has 0 atom stereocenters. The van der Waals surface area contributed by atoms with Crippen molar-refractivity contribution in [2.75, 3.05) is 5.32 Å². The molecule has 30 heavy (non-hydrogen) atoms. The van der Waals surface area contributed by atoms with Gasteiger partial charge in [0.2, 0.25) is 0 Å². The molecule has 0 heterocycles. The number of carbonyl (C=O) groups is 1. The van der Waals surface area contributed by atoms with Crippen LogP contribution in [0.15, 0.2) is 72.3 Å². The molecule has 0 spiro atoms. The van der Waals surface area contributed by atoms with Gasteiger partial charge in [-0.1, -0.05) is 59.1 Å². The van der Waals surface area contributed by atoms with Crippen LogP contribution in [0.25, 0.3) is 6.08 Å². The molecular weight excluding hydrogens is 396 g/mol. The topological polar surface area (TPSA) is 62.1 Å². The molecule has 0 unspecified atom stereocenters. The van der Waals surface area contributed by atoms with Gasteiger partial charge in [0, 0.05) is 16.3 Å². The first-order valence-electron chi connectivity index (χ1n) is 9.42. The van der Waals surface area contributed by atoms with Crippen molar-refractivity contribution < 1.29 is 9.53 Å². The van der Waals surface area contributed by atoms with E-state index in [1.165, 1.54) is 11.6 Å². The summed E-state index contributed by atoms with van der Waals surface area (Å²) in [6.07, 6.45) is 1.49. The van der Waals surface area contributed by atoms with Gasteiger partial charge in [0.1, 0.15) is 24.0 Å². The summed E-state index contributed by atoms with van der Waals surface area (Å²) in [7, 11) is 0. The number of rotatable bonds is 6. The number of carbonyl (C=O) groups excluding carboxylic acids is 1. The number of ether oxygens (including phenoxy) is 1. The van der Waals surface area contributed by atoms with Crippen LogP contribution in [0.1, 0.15) is 22.3 Å². The predicted octanol–water partition coefficient (Wildman–Crippen LogP) is 6.08. The lowest BCUT2D eigenvalue weighted by Crippen LogP contribution is -2.13. The predicted molar refractivity (Wildman–Crippen MR) is 120 cm³/mol. The minimum atomic E-state index is -0.495. The van der Waals surface area contributed by atoms with Crippen molar-refractivity contribution in [1.82, 2.24) is 0 Å². The van der Waals surface area contributed by atoms with E-state index in [4.69, 9.17) is 16.3 Å². The average Bonchev–Trinajstić information content (AvgIpc) is 2.74. The zero-order chi connectivity index (χ0) is 21.5. The van der Waals surface area contributed by atoms with Gasteiger partial charge in [0.15, 0.2) is 0 Å². The monoisotopic (exact) mass is 416 g/mol. The molecule has 0 radical (unpaired) electrons. The minimum Gasteiger partial charge on any atom is -0.488 e. The zero-order valence-corrected chi connectivity index (χ0v) is 17.5. The molecule has 5 heteroatoms. The standard InChI is InChI=1S/C25H21ClN2O2/c1-17-3-7-19(8-4-17)16-30-24-12-9-22(26)14-20(24)13-21(15-27)25(29)28-23-10-5-18(2)6-11-23/h3-14H,16H2,1-2H3,(H,28,29)/b21-13+. The summed E-state index contributed by atoms with van der Waals surface area (Å²) in [5, 5.41) is 12.7. The van der Waals surface area contributed by atoms with Crippen molar-refractivity contribution in [3.63, 3.8) is 0 Å². The van der Waals surface area contributed by atoms with Crippen LogP contribution < -0.4 is 10.1 Å². The zero-order valence-electron chi connectivity index (χ0n) is 16.8. The highest BCUT2D eigenvalue weighted by molar-refractivity contribution is 6.30. The summed E-state index contributed by atoms with van der Waals surface area (Å²) in [6, 6.07) is 22.5. The summed E-state index contributed by atoms with van der Waals surface area (Å²) >= 11 is 6.13. The number of halogens is 1. The van der Waals surface area contributed by atoms with E-state index in [0.29, 0.717) is 28.6 Å². The molecule has 150 valence electrons. The van der Waals surface area contributed by atoms with E-state index in [2.05, 4.69) is 5.32 Å². The molecule has 1 amide bonds. The van der Waals surface area contributed by atoms with Crippen molar-refractivity contribution >= 4 is 29.3 Å². The Hall–Kier alpha value is -3.55. The summed E-state index contributed by atoms with van der Waals surface area (Å²) in [4.78, 5) is 12.6. The Morgan fingerprint density at radius 2 is 1.67 bits per heavy atom. The highest BCUT2D eigenvalue weighted by Gasteiger charge is 2.12. The van der Waals surface area contributed by atoms with Crippen molar-refractivity contribution in [3.8, 4) is 11.8 Å². The normalized spacial score (nSPS) is 10.9. The number of hydrogen-bond donors (Lipinski definition) is 1. The smallest absolute Gasteiger partial charge is 0.266 e. The fourth-order valence-corrected chi connectivity index (χ4v) is 2.93. The lowest BCUT2D eigenvalue weighted by atomic mass is 10.1. The summed E-state index contributed by atoms with van der Waals surface area (Å²) in [6.45, 7) is 4.35. The van der Waals surface area contributed by atoms with Crippen molar-refractivity contribution in [3.05, 3.63) is 99.6 Å². The Labute approximate surface area is 181 Å². The van der Waals surface area contributed by atoms with Crippen LogP contribution in [-0.2, 0) is 11.4 Å². The highest BCUT2D eigenvalue weighted by atomic mass is 35.5. The largest absolute Gasteiger partial charge is 0.488 e. The number of hydrogen-bond acceptors (Lipinski definition) is 3. The molecule has 3 aromatic carbocycles. The number of anilines is 1. The lowest BCUT2D eigenvalue weighted by Gasteiger charge is -2.11. The number of benzene rings is 3. The molecule has 3 rings (SSSR count). The fourth-order valence-electron chi connectivity index (χ4n) is 2.75. The third kappa shape index (κ3) is 5.73. The average molecular weight is 417 g/mol. The summed E-state index contributed by atoms with van der Waals surface area (Å²) in [5.41, 5.74) is 4.41. The summed E-state index contributed by atoms with van der Waals surface area (Å²) < 4.78 is 5.93.